The second kappa shape index (κ2) is 8.02. The van der Waals surface area contributed by atoms with Crippen molar-refractivity contribution in [2.24, 2.45) is 17.1 Å². The number of hydrogen-bond acceptors (Lipinski definition) is 5. The van der Waals surface area contributed by atoms with Gasteiger partial charge in [0.2, 0.25) is 0 Å². The lowest BCUT2D eigenvalue weighted by molar-refractivity contribution is -0.0427. The summed E-state index contributed by atoms with van der Waals surface area (Å²) in [7, 11) is 1.84. The van der Waals surface area contributed by atoms with Gasteiger partial charge in [-0.3, -0.25) is 4.90 Å². The van der Waals surface area contributed by atoms with Crippen molar-refractivity contribution in [3.63, 3.8) is 0 Å². The molecule has 0 aromatic heterocycles. The van der Waals surface area contributed by atoms with Crippen LogP contribution in [0.15, 0.2) is 24.3 Å². The van der Waals surface area contributed by atoms with Gasteiger partial charge in [-0.2, -0.15) is 5.26 Å². The molecule has 2 N–H and O–H groups in total. The van der Waals surface area contributed by atoms with Gasteiger partial charge in [0, 0.05) is 31.2 Å². The minimum Gasteiger partial charge on any atom is -0.488 e. The first-order chi connectivity index (χ1) is 13.5. The molecule has 4 rings (SSSR count). The van der Waals surface area contributed by atoms with E-state index < -0.39 is 0 Å². The number of ether oxygens (including phenoxy) is 2. The summed E-state index contributed by atoms with van der Waals surface area (Å²) in [6, 6.07) is 10.4. The van der Waals surface area contributed by atoms with Crippen LogP contribution in [0.2, 0.25) is 0 Å². The summed E-state index contributed by atoms with van der Waals surface area (Å²) in [6.45, 7) is 4.50. The van der Waals surface area contributed by atoms with E-state index in [0.717, 1.165) is 50.9 Å². The normalized spacial score (nSPS) is 38.6. The van der Waals surface area contributed by atoms with Crippen LogP contribution >= 0.6 is 0 Å². The summed E-state index contributed by atoms with van der Waals surface area (Å²) in [5.41, 5.74) is 7.13. The van der Waals surface area contributed by atoms with E-state index in [1.165, 1.54) is 6.42 Å². The minimum absolute atomic E-state index is 0.147. The van der Waals surface area contributed by atoms with Crippen molar-refractivity contribution >= 4 is 0 Å². The first-order valence-electron chi connectivity index (χ1n) is 10.7. The van der Waals surface area contributed by atoms with Crippen molar-refractivity contribution in [3.05, 3.63) is 29.8 Å². The lowest BCUT2D eigenvalue weighted by atomic mass is 9.67. The predicted molar refractivity (Wildman–Crippen MR) is 109 cm³/mol. The highest BCUT2D eigenvalue weighted by molar-refractivity contribution is 5.35. The molecule has 2 aliphatic carbocycles. The molecular formula is C23H33N3O2. The van der Waals surface area contributed by atoms with E-state index in [4.69, 9.17) is 20.5 Å². The van der Waals surface area contributed by atoms with Crippen molar-refractivity contribution in [2.45, 2.75) is 69.7 Å². The van der Waals surface area contributed by atoms with Gasteiger partial charge in [-0.15, -0.1) is 0 Å². The smallest absolute Gasteiger partial charge is 0.120 e. The molecular weight excluding hydrogens is 350 g/mol. The van der Waals surface area contributed by atoms with Gasteiger partial charge in [0.15, 0.2) is 0 Å². The van der Waals surface area contributed by atoms with Gasteiger partial charge in [0.05, 0.1) is 17.7 Å². The first-order valence-corrected chi connectivity index (χ1v) is 10.7. The highest BCUT2D eigenvalue weighted by Gasteiger charge is 2.57. The average molecular weight is 384 g/mol. The maximum absolute atomic E-state index is 9.07. The van der Waals surface area contributed by atoms with Crippen molar-refractivity contribution in [1.29, 1.82) is 5.26 Å². The van der Waals surface area contributed by atoms with Crippen LogP contribution in [-0.4, -0.2) is 49.4 Å². The molecule has 0 amide bonds. The molecule has 0 radical (unpaired) electrons. The van der Waals surface area contributed by atoms with E-state index >= 15 is 0 Å². The largest absolute Gasteiger partial charge is 0.488 e. The van der Waals surface area contributed by atoms with Crippen LogP contribution in [-0.2, 0) is 4.74 Å². The van der Waals surface area contributed by atoms with E-state index in [1.807, 2.05) is 31.4 Å². The topological polar surface area (TPSA) is 71.5 Å². The number of benzene rings is 1. The zero-order valence-electron chi connectivity index (χ0n) is 17.1. The molecule has 5 heteroatoms. The molecule has 0 spiro atoms. The molecule has 2 saturated carbocycles. The Bertz CT molecular complexity index is 716. The standard InChI is InChI=1S/C23H33N3O2/c1-23-10-9-20(27-2)12-17(23)13-21(26-11-3-4-18(25)15-26)22(23)28-19-7-5-16(14-24)6-8-19/h5-8,17-18,20-22H,3-4,9-13,15,25H2,1-2H3/t17-,18+,20-,21+,22-,23-/m0/s1. The molecule has 28 heavy (non-hydrogen) atoms. The molecule has 0 unspecified atom stereocenters. The number of nitrogens with two attached hydrogens (primary N) is 1. The summed E-state index contributed by atoms with van der Waals surface area (Å²) in [4.78, 5) is 2.59. The van der Waals surface area contributed by atoms with Gasteiger partial charge in [0.25, 0.3) is 0 Å². The van der Waals surface area contributed by atoms with E-state index in [0.29, 0.717) is 23.6 Å². The second-order valence-corrected chi connectivity index (χ2v) is 9.21. The van der Waals surface area contributed by atoms with Crippen molar-refractivity contribution in [2.75, 3.05) is 20.2 Å². The number of hydrogen-bond donors (Lipinski definition) is 1. The molecule has 5 nitrogen and oxygen atoms in total. The molecule has 1 aliphatic heterocycles. The molecule has 152 valence electrons. The third kappa shape index (κ3) is 3.66. The average Bonchev–Trinajstić information content (AvgIpc) is 3.00. The molecule has 3 aliphatic rings. The Kier molecular flexibility index (Phi) is 5.64. The Balaban J connectivity index is 1.60. The lowest BCUT2D eigenvalue weighted by Crippen LogP contribution is -2.54. The summed E-state index contributed by atoms with van der Waals surface area (Å²) in [5.74, 6) is 1.48. The van der Waals surface area contributed by atoms with Crippen molar-refractivity contribution in [3.8, 4) is 11.8 Å². The number of likely N-dealkylation sites (tertiary alicyclic amines) is 1. The highest BCUT2D eigenvalue weighted by Crippen LogP contribution is 2.55. The van der Waals surface area contributed by atoms with Crippen molar-refractivity contribution in [1.82, 2.24) is 4.90 Å². The highest BCUT2D eigenvalue weighted by atomic mass is 16.5. The molecule has 1 heterocycles. The maximum Gasteiger partial charge on any atom is 0.120 e. The Labute approximate surface area is 168 Å². The Morgan fingerprint density at radius 1 is 1.21 bits per heavy atom. The summed E-state index contributed by atoms with van der Waals surface area (Å²) in [6.07, 6.45) is 7.32. The van der Waals surface area contributed by atoms with Crippen LogP contribution in [0.3, 0.4) is 0 Å². The third-order valence-electron chi connectivity index (χ3n) is 7.55. The summed E-state index contributed by atoms with van der Waals surface area (Å²) >= 11 is 0. The van der Waals surface area contributed by atoms with Gasteiger partial charge in [-0.1, -0.05) is 6.92 Å². The molecule has 0 bridgehead atoms. The number of fused-ring (bicyclic) bond motifs is 1. The first kappa shape index (κ1) is 19.7. The zero-order valence-corrected chi connectivity index (χ0v) is 17.1. The molecule has 6 atom stereocenters. The summed E-state index contributed by atoms with van der Waals surface area (Å²) < 4.78 is 12.4. The van der Waals surface area contributed by atoms with Crippen LogP contribution in [0, 0.1) is 22.7 Å². The third-order valence-corrected chi connectivity index (χ3v) is 7.55. The Morgan fingerprint density at radius 2 is 2.00 bits per heavy atom. The van der Waals surface area contributed by atoms with Gasteiger partial charge in [0.1, 0.15) is 11.9 Å². The quantitative estimate of drug-likeness (QED) is 0.863. The maximum atomic E-state index is 9.07. The van der Waals surface area contributed by atoms with Crippen LogP contribution in [0.4, 0.5) is 0 Å². The molecule has 3 fully saturated rings. The second-order valence-electron chi connectivity index (χ2n) is 9.21. The molecule has 1 aromatic carbocycles. The summed E-state index contributed by atoms with van der Waals surface area (Å²) in [5, 5.41) is 9.07. The lowest BCUT2D eigenvalue weighted by Gasteiger charge is -2.44. The van der Waals surface area contributed by atoms with E-state index in [9.17, 15) is 0 Å². The number of nitriles is 1. The number of rotatable bonds is 4. The van der Waals surface area contributed by atoms with E-state index in [-0.39, 0.29) is 17.6 Å². The fourth-order valence-corrected chi connectivity index (χ4v) is 5.84. The van der Waals surface area contributed by atoms with Gasteiger partial charge >= 0.3 is 0 Å². The van der Waals surface area contributed by atoms with Gasteiger partial charge in [-0.05, 0) is 75.3 Å². The van der Waals surface area contributed by atoms with E-state index in [1.54, 1.807) is 0 Å². The van der Waals surface area contributed by atoms with Crippen LogP contribution in [0.5, 0.6) is 5.75 Å². The monoisotopic (exact) mass is 383 g/mol. The number of piperidine rings is 1. The van der Waals surface area contributed by atoms with Crippen LogP contribution in [0.25, 0.3) is 0 Å². The molecule has 1 saturated heterocycles. The Hall–Kier alpha value is -1.61. The number of methoxy groups -OCH3 is 1. The minimum atomic E-state index is 0.147. The van der Waals surface area contributed by atoms with E-state index in [2.05, 4.69) is 17.9 Å². The fraction of sp³-hybridized carbons (Fsp3) is 0.696. The predicted octanol–water partition coefficient (Wildman–Crippen LogP) is 3.32. The Morgan fingerprint density at radius 3 is 2.68 bits per heavy atom. The number of nitrogens with zero attached hydrogens (tertiary/aromatic N) is 2. The van der Waals surface area contributed by atoms with Crippen LogP contribution < -0.4 is 10.5 Å². The van der Waals surface area contributed by atoms with Gasteiger partial charge < -0.3 is 15.2 Å². The van der Waals surface area contributed by atoms with Crippen LogP contribution in [0.1, 0.15) is 51.0 Å². The zero-order chi connectivity index (χ0) is 19.7. The fourth-order valence-electron chi connectivity index (χ4n) is 5.84. The SMILES string of the molecule is CO[C@H]1CC[C@@]2(C)[C@@H](C1)C[C@@H](N1CCC[C@@H](N)C1)[C@@H]2Oc1ccc(C#N)cc1. The molecule has 1 aromatic rings. The van der Waals surface area contributed by atoms with Crippen molar-refractivity contribution < 1.29 is 9.47 Å². The van der Waals surface area contributed by atoms with Gasteiger partial charge in [-0.25, -0.2) is 0 Å².